The average Bonchev–Trinajstić information content (AvgIpc) is 2.64. The molecule has 0 atom stereocenters. The summed E-state index contributed by atoms with van der Waals surface area (Å²) in [5.41, 5.74) is 1.41. The lowest BCUT2D eigenvalue weighted by Crippen LogP contribution is -2.15. The second kappa shape index (κ2) is 7.91. The number of aromatic nitrogens is 2. The van der Waals surface area contributed by atoms with E-state index in [2.05, 4.69) is 20.6 Å². The molecule has 0 fully saturated rings. The summed E-state index contributed by atoms with van der Waals surface area (Å²) in [6.07, 6.45) is 0. The van der Waals surface area contributed by atoms with Crippen LogP contribution in [-0.2, 0) is 0 Å². The first-order chi connectivity index (χ1) is 13.3. The zero-order chi connectivity index (χ0) is 20.3. The molecule has 8 heteroatoms. The van der Waals surface area contributed by atoms with E-state index >= 15 is 0 Å². The summed E-state index contributed by atoms with van der Waals surface area (Å²) < 4.78 is 26.4. The molecule has 0 saturated heterocycles. The minimum absolute atomic E-state index is 0.0720. The second-order valence-corrected chi connectivity index (χ2v) is 6.03. The number of aryl methyl sites for hydroxylation is 1. The topological polar surface area (TPSA) is 84.0 Å². The highest BCUT2D eigenvalue weighted by molar-refractivity contribution is 6.03. The average molecular weight is 382 g/mol. The van der Waals surface area contributed by atoms with Crippen LogP contribution in [0.15, 0.2) is 48.5 Å². The van der Waals surface area contributed by atoms with Crippen LogP contribution >= 0.6 is 0 Å². The Morgan fingerprint density at radius 3 is 2.21 bits per heavy atom. The van der Waals surface area contributed by atoms with Crippen molar-refractivity contribution in [3.05, 3.63) is 77.2 Å². The highest BCUT2D eigenvalue weighted by Crippen LogP contribution is 2.19. The van der Waals surface area contributed by atoms with Gasteiger partial charge in [-0.05, 0) is 50.2 Å². The van der Waals surface area contributed by atoms with Crippen molar-refractivity contribution in [3.63, 3.8) is 0 Å². The van der Waals surface area contributed by atoms with E-state index in [4.69, 9.17) is 0 Å². The van der Waals surface area contributed by atoms with E-state index in [-0.39, 0.29) is 23.0 Å². The van der Waals surface area contributed by atoms with E-state index in [1.165, 1.54) is 19.1 Å². The number of hydrogen-bond acceptors (Lipinski definition) is 5. The Labute approximate surface area is 159 Å². The highest BCUT2D eigenvalue weighted by atomic mass is 19.2. The number of halogens is 2. The SMILES string of the molecule is CC(=O)c1ccc(NC(=O)c2cc(Nc3ccc(F)c(F)c3)nc(C)n2)cc1. The molecule has 6 nitrogen and oxygen atoms in total. The van der Waals surface area contributed by atoms with Crippen LogP contribution in [0.3, 0.4) is 0 Å². The molecule has 0 bridgehead atoms. The molecular formula is C20H16F2N4O2. The maximum atomic E-state index is 13.4. The van der Waals surface area contributed by atoms with Gasteiger partial charge in [0.15, 0.2) is 17.4 Å². The van der Waals surface area contributed by atoms with Crippen molar-refractivity contribution in [1.29, 1.82) is 0 Å². The zero-order valence-corrected chi connectivity index (χ0v) is 15.1. The molecule has 1 aromatic heterocycles. The molecule has 3 aromatic rings. The lowest BCUT2D eigenvalue weighted by Gasteiger charge is -2.10. The van der Waals surface area contributed by atoms with Gasteiger partial charge in [0.1, 0.15) is 17.3 Å². The summed E-state index contributed by atoms with van der Waals surface area (Å²) in [5, 5.41) is 5.50. The van der Waals surface area contributed by atoms with Crippen LogP contribution in [0.4, 0.5) is 26.0 Å². The van der Waals surface area contributed by atoms with E-state index in [9.17, 15) is 18.4 Å². The molecule has 142 valence electrons. The minimum atomic E-state index is -0.997. The molecule has 28 heavy (non-hydrogen) atoms. The second-order valence-electron chi connectivity index (χ2n) is 6.03. The van der Waals surface area contributed by atoms with Gasteiger partial charge >= 0.3 is 0 Å². The van der Waals surface area contributed by atoms with Gasteiger partial charge in [0.25, 0.3) is 5.91 Å². The maximum absolute atomic E-state index is 13.4. The summed E-state index contributed by atoms with van der Waals surface area (Å²) >= 11 is 0. The smallest absolute Gasteiger partial charge is 0.274 e. The van der Waals surface area contributed by atoms with E-state index in [0.717, 1.165) is 12.1 Å². The fourth-order valence-electron chi connectivity index (χ4n) is 2.45. The number of amides is 1. The van der Waals surface area contributed by atoms with Gasteiger partial charge in [-0.2, -0.15) is 0 Å². The van der Waals surface area contributed by atoms with E-state index < -0.39 is 17.5 Å². The van der Waals surface area contributed by atoms with Crippen molar-refractivity contribution >= 4 is 28.9 Å². The van der Waals surface area contributed by atoms with E-state index in [1.807, 2.05) is 0 Å². The van der Waals surface area contributed by atoms with Gasteiger partial charge in [-0.15, -0.1) is 0 Å². The first kappa shape index (κ1) is 19.1. The van der Waals surface area contributed by atoms with Gasteiger partial charge in [0, 0.05) is 29.1 Å². The third-order valence-corrected chi connectivity index (χ3v) is 3.81. The van der Waals surface area contributed by atoms with Crippen LogP contribution in [0, 0.1) is 18.6 Å². The summed E-state index contributed by atoms with van der Waals surface area (Å²) in [7, 11) is 0. The number of nitrogens with zero attached hydrogens (tertiary/aromatic N) is 2. The fourth-order valence-corrected chi connectivity index (χ4v) is 2.45. The molecule has 1 heterocycles. The zero-order valence-electron chi connectivity index (χ0n) is 15.1. The first-order valence-electron chi connectivity index (χ1n) is 8.32. The molecule has 3 rings (SSSR count). The third kappa shape index (κ3) is 4.53. The number of carbonyl (C=O) groups excluding carboxylic acids is 2. The number of ketones is 1. The fraction of sp³-hybridized carbons (Fsp3) is 0.100. The summed E-state index contributed by atoms with van der Waals surface area (Å²) in [6.45, 7) is 3.06. The van der Waals surface area contributed by atoms with Crippen LogP contribution in [0.5, 0.6) is 0 Å². The number of benzene rings is 2. The molecule has 0 aliphatic rings. The lowest BCUT2D eigenvalue weighted by atomic mass is 10.1. The standard InChI is InChI=1S/C20H16F2N4O2/c1-11(27)13-3-5-14(6-4-13)26-20(28)18-10-19(24-12(2)23-18)25-15-7-8-16(21)17(22)9-15/h3-10H,1-2H3,(H,26,28)(H,23,24,25). The largest absolute Gasteiger partial charge is 0.340 e. The van der Waals surface area contributed by atoms with Gasteiger partial charge < -0.3 is 10.6 Å². The van der Waals surface area contributed by atoms with Crippen LogP contribution in [0.25, 0.3) is 0 Å². The molecule has 0 unspecified atom stereocenters. The number of rotatable bonds is 5. The van der Waals surface area contributed by atoms with E-state index in [1.54, 1.807) is 31.2 Å². The lowest BCUT2D eigenvalue weighted by molar-refractivity contribution is 0.101. The van der Waals surface area contributed by atoms with Crippen molar-refractivity contribution in [2.45, 2.75) is 13.8 Å². The Morgan fingerprint density at radius 2 is 1.57 bits per heavy atom. The Bertz CT molecular complexity index is 1050. The third-order valence-electron chi connectivity index (χ3n) is 3.81. The molecule has 0 aliphatic carbocycles. The maximum Gasteiger partial charge on any atom is 0.274 e. The van der Waals surface area contributed by atoms with Crippen molar-refractivity contribution < 1.29 is 18.4 Å². The minimum Gasteiger partial charge on any atom is -0.340 e. The number of Topliss-reactive ketones (excluding diaryl/α,β-unsaturated/α-hetero) is 1. The van der Waals surface area contributed by atoms with Gasteiger partial charge in [0.05, 0.1) is 0 Å². The highest BCUT2D eigenvalue weighted by Gasteiger charge is 2.12. The van der Waals surface area contributed by atoms with Crippen LogP contribution in [0.2, 0.25) is 0 Å². The Morgan fingerprint density at radius 1 is 0.893 bits per heavy atom. The van der Waals surface area contributed by atoms with Crippen molar-refractivity contribution in [3.8, 4) is 0 Å². The number of carbonyl (C=O) groups is 2. The Balaban J connectivity index is 1.78. The number of nitrogens with one attached hydrogen (secondary N) is 2. The predicted octanol–water partition coefficient (Wildman–Crippen LogP) is 4.26. The molecule has 2 N–H and O–H groups in total. The Kier molecular flexibility index (Phi) is 5.39. The molecular weight excluding hydrogens is 366 g/mol. The van der Waals surface area contributed by atoms with Crippen LogP contribution in [0.1, 0.15) is 33.6 Å². The van der Waals surface area contributed by atoms with Crippen molar-refractivity contribution in [2.75, 3.05) is 10.6 Å². The predicted molar refractivity (Wildman–Crippen MR) is 101 cm³/mol. The summed E-state index contributed by atoms with van der Waals surface area (Å²) in [4.78, 5) is 32.0. The van der Waals surface area contributed by atoms with Crippen LogP contribution in [-0.4, -0.2) is 21.7 Å². The van der Waals surface area contributed by atoms with Gasteiger partial charge in [-0.3, -0.25) is 9.59 Å². The number of anilines is 3. The van der Waals surface area contributed by atoms with Crippen molar-refractivity contribution in [1.82, 2.24) is 9.97 Å². The first-order valence-corrected chi connectivity index (χ1v) is 8.32. The molecule has 0 spiro atoms. The summed E-state index contributed by atoms with van der Waals surface area (Å²) in [5.74, 6) is -1.92. The Hall–Kier alpha value is -3.68. The van der Waals surface area contributed by atoms with Gasteiger partial charge in [-0.25, -0.2) is 18.7 Å². The molecule has 0 radical (unpaired) electrons. The van der Waals surface area contributed by atoms with Crippen molar-refractivity contribution in [2.24, 2.45) is 0 Å². The normalized spacial score (nSPS) is 10.4. The van der Waals surface area contributed by atoms with Gasteiger partial charge in [-0.1, -0.05) is 0 Å². The monoisotopic (exact) mass is 382 g/mol. The quantitative estimate of drug-likeness (QED) is 0.644. The molecule has 0 aliphatic heterocycles. The molecule has 0 saturated carbocycles. The molecule has 2 aromatic carbocycles. The van der Waals surface area contributed by atoms with Crippen LogP contribution < -0.4 is 10.6 Å². The van der Waals surface area contributed by atoms with E-state index in [0.29, 0.717) is 17.1 Å². The summed E-state index contributed by atoms with van der Waals surface area (Å²) in [6, 6.07) is 11.2. The molecule has 1 amide bonds. The van der Waals surface area contributed by atoms with Gasteiger partial charge in [0.2, 0.25) is 0 Å². The number of hydrogen-bond donors (Lipinski definition) is 2.